The molecule has 21 heavy (non-hydrogen) atoms. The van der Waals surface area contributed by atoms with Gasteiger partial charge in [-0.15, -0.1) is 11.6 Å². The zero-order valence-electron chi connectivity index (χ0n) is 11.9. The molecule has 112 valence electrons. The summed E-state index contributed by atoms with van der Waals surface area (Å²) in [5.41, 5.74) is 2.69. The Balaban J connectivity index is 2.46. The monoisotopic (exact) mass is 308 g/mol. The zero-order valence-corrected chi connectivity index (χ0v) is 12.7. The van der Waals surface area contributed by atoms with Crippen LogP contribution in [0.5, 0.6) is 0 Å². The van der Waals surface area contributed by atoms with Crippen molar-refractivity contribution in [3.63, 3.8) is 0 Å². The quantitative estimate of drug-likeness (QED) is 0.662. The normalized spacial score (nSPS) is 18.0. The molecule has 1 aliphatic rings. The molecule has 1 aromatic rings. The van der Waals surface area contributed by atoms with Gasteiger partial charge in [-0.25, -0.2) is 9.59 Å². The predicted octanol–water partition coefficient (Wildman–Crippen LogP) is 2.27. The first-order valence-corrected chi connectivity index (χ1v) is 7.17. The van der Waals surface area contributed by atoms with E-state index >= 15 is 0 Å². The molecule has 2 rings (SSSR count). The van der Waals surface area contributed by atoms with Gasteiger partial charge < -0.3 is 15.4 Å². The number of urea groups is 1. The van der Waals surface area contributed by atoms with Crippen molar-refractivity contribution in [1.29, 1.82) is 0 Å². The number of methoxy groups -OCH3 is 1. The van der Waals surface area contributed by atoms with Crippen LogP contribution in [0, 0.1) is 0 Å². The van der Waals surface area contributed by atoms with E-state index in [0.29, 0.717) is 11.3 Å². The highest BCUT2D eigenvalue weighted by Crippen LogP contribution is 2.28. The van der Waals surface area contributed by atoms with E-state index in [2.05, 4.69) is 17.6 Å². The highest BCUT2D eigenvalue weighted by atomic mass is 35.5. The lowest BCUT2D eigenvalue weighted by Gasteiger charge is -2.28. The fraction of sp³-hybridized carbons (Fsp3) is 0.333. The van der Waals surface area contributed by atoms with Gasteiger partial charge in [-0.1, -0.05) is 31.2 Å². The summed E-state index contributed by atoms with van der Waals surface area (Å²) >= 11 is 5.83. The van der Waals surface area contributed by atoms with Crippen molar-refractivity contribution in [1.82, 2.24) is 10.6 Å². The number of carbonyl (C=O) groups excluding carboxylic acids is 2. The third-order valence-electron chi connectivity index (χ3n) is 3.41. The fourth-order valence-electron chi connectivity index (χ4n) is 2.27. The molecule has 1 atom stereocenters. The molecular weight excluding hydrogens is 292 g/mol. The smallest absolute Gasteiger partial charge is 0.338 e. The van der Waals surface area contributed by atoms with Crippen molar-refractivity contribution in [3.8, 4) is 0 Å². The third-order valence-corrected chi connectivity index (χ3v) is 3.68. The van der Waals surface area contributed by atoms with Crippen LogP contribution in [0.15, 0.2) is 35.5 Å². The van der Waals surface area contributed by atoms with Gasteiger partial charge in [0.25, 0.3) is 0 Å². The molecule has 1 unspecified atom stereocenters. The molecule has 0 bridgehead atoms. The number of rotatable bonds is 4. The fourth-order valence-corrected chi connectivity index (χ4v) is 2.48. The first-order valence-electron chi connectivity index (χ1n) is 6.64. The van der Waals surface area contributed by atoms with Crippen LogP contribution < -0.4 is 10.6 Å². The van der Waals surface area contributed by atoms with Gasteiger partial charge in [0.2, 0.25) is 0 Å². The van der Waals surface area contributed by atoms with Gasteiger partial charge >= 0.3 is 12.0 Å². The highest BCUT2D eigenvalue weighted by Gasteiger charge is 2.32. The number of nitrogens with one attached hydrogen (secondary N) is 2. The van der Waals surface area contributed by atoms with E-state index in [1.807, 2.05) is 24.3 Å². The Kier molecular flexibility index (Phi) is 4.85. The SMILES string of the molecule is CCc1ccc(C2NC(=O)NC(CCl)=C2C(=O)OC)cc1. The van der Waals surface area contributed by atoms with Gasteiger partial charge in [0.15, 0.2) is 0 Å². The topological polar surface area (TPSA) is 67.4 Å². The van der Waals surface area contributed by atoms with Gasteiger partial charge in [0.1, 0.15) is 0 Å². The maximum absolute atomic E-state index is 12.0. The lowest BCUT2D eigenvalue weighted by Crippen LogP contribution is -2.46. The number of aryl methyl sites for hydroxylation is 1. The van der Waals surface area contributed by atoms with E-state index in [4.69, 9.17) is 16.3 Å². The molecule has 5 nitrogen and oxygen atoms in total. The van der Waals surface area contributed by atoms with Crippen LogP contribution in [0.1, 0.15) is 24.1 Å². The molecule has 0 radical (unpaired) electrons. The molecule has 1 aromatic carbocycles. The lowest BCUT2D eigenvalue weighted by molar-refractivity contribution is -0.136. The molecule has 0 aliphatic carbocycles. The number of halogens is 1. The predicted molar refractivity (Wildman–Crippen MR) is 80.0 cm³/mol. The largest absolute Gasteiger partial charge is 0.466 e. The highest BCUT2D eigenvalue weighted by molar-refractivity contribution is 6.20. The molecule has 1 heterocycles. The number of allylic oxidation sites excluding steroid dienone is 1. The number of amides is 2. The molecule has 0 fully saturated rings. The van der Waals surface area contributed by atoms with Crippen molar-refractivity contribution < 1.29 is 14.3 Å². The van der Waals surface area contributed by atoms with Crippen LogP contribution in [0.25, 0.3) is 0 Å². The summed E-state index contributed by atoms with van der Waals surface area (Å²) in [6.45, 7) is 2.06. The number of hydrogen-bond donors (Lipinski definition) is 2. The summed E-state index contributed by atoms with van der Waals surface area (Å²) in [4.78, 5) is 23.7. The first-order chi connectivity index (χ1) is 10.1. The van der Waals surface area contributed by atoms with Gasteiger partial charge in [-0.2, -0.15) is 0 Å². The number of benzene rings is 1. The number of esters is 1. The number of ether oxygens (including phenoxy) is 1. The van der Waals surface area contributed by atoms with Crippen LogP contribution in [0.2, 0.25) is 0 Å². The third kappa shape index (κ3) is 3.19. The minimum Gasteiger partial charge on any atom is -0.466 e. The van der Waals surface area contributed by atoms with E-state index in [1.54, 1.807) is 0 Å². The summed E-state index contributed by atoms with van der Waals surface area (Å²) in [6.07, 6.45) is 0.922. The summed E-state index contributed by atoms with van der Waals surface area (Å²) in [7, 11) is 1.30. The maximum atomic E-state index is 12.0. The van der Waals surface area contributed by atoms with Gasteiger partial charge in [-0.3, -0.25) is 0 Å². The summed E-state index contributed by atoms with van der Waals surface area (Å²) in [6, 6.07) is 6.78. The van der Waals surface area contributed by atoms with Crippen molar-refractivity contribution in [2.45, 2.75) is 19.4 Å². The molecule has 0 aromatic heterocycles. The van der Waals surface area contributed by atoms with Crippen molar-refractivity contribution in [2.75, 3.05) is 13.0 Å². The van der Waals surface area contributed by atoms with Gasteiger partial charge in [0, 0.05) is 5.70 Å². The first kappa shape index (κ1) is 15.4. The molecule has 0 saturated heterocycles. The minimum atomic E-state index is -0.564. The van der Waals surface area contributed by atoms with Crippen LogP contribution >= 0.6 is 11.6 Å². The second-order valence-electron chi connectivity index (χ2n) is 4.64. The minimum absolute atomic E-state index is 0.0292. The van der Waals surface area contributed by atoms with E-state index in [9.17, 15) is 9.59 Å². The molecular formula is C15H17ClN2O3. The second kappa shape index (κ2) is 6.63. The standard InChI is InChI=1S/C15H17ClN2O3/c1-3-9-4-6-10(7-5-9)13-12(14(19)21-2)11(8-16)17-15(20)18-13/h4-7,13H,3,8H2,1-2H3,(H2,17,18,20). The molecule has 1 aliphatic heterocycles. The molecule has 6 heteroatoms. The van der Waals surface area contributed by atoms with Gasteiger partial charge in [0.05, 0.1) is 24.6 Å². The van der Waals surface area contributed by atoms with Crippen LogP contribution in [0.3, 0.4) is 0 Å². The Morgan fingerprint density at radius 1 is 1.33 bits per heavy atom. The molecule has 0 saturated carbocycles. The average Bonchev–Trinajstić information content (AvgIpc) is 2.53. The van der Waals surface area contributed by atoms with Crippen molar-refractivity contribution in [3.05, 3.63) is 46.7 Å². The van der Waals surface area contributed by atoms with Gasteiger partial charge in [-0.05, 0) is 17.5 Å². The Bertz CT molecular complexity index is 581. The summed E-state index contributed by atoms with van der Waals surface area (Å²) in [5.74, 6) is -0.482. The second-order valence-corrected chi connectivity index (χ2v) is 4.91. The number of carbonyl (C=O) groups is 2. The Morgan fingerprint density at radius 2 is 2.00 bits per heavy atom. The van der Waals surface area contributed by atoms with Crippen molar-refractivity contribution >= 4 is 23.6 Å². The zero-order chi connectivity index (χ0) is 15.4. The van der Waals surface area contributed by atoms with E-state index in [1.165, 1.54) is 12.7 Å². The van der Waals surface area contributed by atoms with E-state index < -0.39 is 12.0 Å². The molecule has 2 amide bonds. The molecule has 2 N–H and O–H groups in total. The van der Waals surface area contributed by atoms with Crippen LogP contribution in [-0.4, -0.2) is 25.0 Å². The van der Waals surface area contributed by atoms with Crippen LogP contribution in [0.4, 0.5) is 4.79 Å². The Labute approximate surface area is 128 Å². The van der Waals surface area contributed by atoms with Crippen molar-refractivity contribution in [2.24, 2.45) is 0 Å². The maximum Gasteiger partial charge on any atom is 0.338 e. The van der Waals surface area contributed by atoms with Crippen LogP contribution in [-0.2, 0) is 16.0 Å². The van der Waals surface area contributed by atoms with E-state index in [0.717, 1.165) is 12.0 Å². The number of hydrogen-bond acceptors (Lipinski definition) is 3. The average molecular weight is 309 g/mol. The number of alkyl halides is 1. The Morgan fingerprint density at radius 3 is 2.52 bits per heavy atom. The van der Waals surface area contributed by atoms with E-state index in [-0.39, 0.29) is 11.9 Å². The summed E-state index contributed by atoms with van der Waals surface area (Å²) in [5, 5.41) is 5.28. The summed E-state index contributed by atoms with van der Waals surface area (Å²) < 4.78 is 4.81. The lowest BCUT2D eigenvalue weighted by atomic mass is 9.94. The Hall–Kier alpha value is -2.01. The molecule has 0 spiro atoms.